The van der Waals surface area contributed by atoms with Crippen molar-refractivity contribution in [2.75, 3.05) is 0 Å². The Morgan fingerprint density at radius 3 is 2.55 bits per heavy atom. The second-order valence-corrected chi connectivity index (χ2v) is 7.24. The number of benzene rings is 1. The molecular weight excluding hydrogens is 433 g/mol. The van der Waals surface area contributed by atoms with Crippen LogP contribution in [0.5, 0.6) is 0 Å². The first-order valence-electron chi connectivity index (χ1n) is 9.57. The third kappa shape index (κ3) is 4.46. The van der Waals surface area contributed by atoms with Crippen molar-refractivity contribution in [1.29, 1.82) is 0 Å². The lowest BCUT2D eigenvalue weighted by atomic mass is 10.2. The summed E-state index contributed by atoms with van der Waals surface area (Å²) >= 11 is 6.18. The quantitative estimate of drug-likeness (QED) is 0.453. The molecule has 12 heteroatoms. The Balaban J connectivity index is 1.61. The first-order chi connectivity index (χ1) is 14.9. The van der Waals surface area contributed by atoms with E-state index in [0.717, 1.165) is 30.9 Å². The Hall–Kier alpha value is -3.21. The monoisotopic (exact) mass is 450 g/mol. The fourth-order valence-corrected chi connectivity index (χ4v) is 3.41. The third-order valence-electron chi connectivity index (χ3n) is 4.72. The van der Waals surface area contributed by atoms with Gasteiger partial charge in [-0.1, -0.05) is 25.5 Å². The van der Waals surface area contributed by atoms with Gasteiger partial charge in [0.1, 0.15) is 5.69 Å². The highest BCUT2D eigenvalue weighted by molar-refractivity contribution is 6.28. The van der Waals surface area contributed by atoms with E-state index in [1.54, 1.807) is 28.9 Å². The van der Waals surface area contributed by atoms with Crippen LogP contribution >= 0.6 is 11.6 Å². The van der Waals surface area contributed by atoms with Crippen molar-refractivity contribution in [3.05, 3.63) is 58.8 Å². The van der Waals surface area contributed by atoms with Crippen LogP contribution in [0.4, 0.5) is 13.2 Å². The molecule has 0 amide bonds. The topological polar surface area (TPSA) is 90.1 Å². The molecule has 0 aliphatic rings. The first-order valence-corrected chi connectivity index (χ1v) is 9.95. The van der Waals surface area contributed by atoms with Crippen LogP contribution in [-0.2, 0) is 19.1 Å². The minimum absolute atomic E-state index is 0.143. The van der Waals surface area contributed by atoms with Gasteiger partial charge in [-0.3, -0.25) is 0 Å². The number of H-pyrrole nitrogens is 1. The number of hydrogen-bond donors (Lipinski definition) is 1. The lowest BCUT2D eigenvalue weighted by Crippen LogP contribution is -2.08. The summed E-state index contributed by atoms with van der Waals surface area (Å²) in [5.74, 6) is 0.552. The van der Waals surface area contributed by atoms with Gasteiger partial charge in [0.05, 0.1) is 12.1 Å². The van der Waals surface area contributed by atoms with Gasteiger partial charge in [-0.05, 0) is 47.0 Å². The normalized spacial score (nSPS) is 11.9. The van der Waals surface area contributed by atoms with E-state index in [2.05, 4.69) is 37.6 Å². The second kappa shape index (κ2) is 8.50. The van der Waals surface area contributed by atoms with Crippen LogP contribution in [0.1, 0.15) is 36.7 Å². The van der Waals surface area contributed by atoms with Crippen LogP contribution in [0.2, 0.25) is 5.28 Å². The van der Waals surface area contributed by atoms with E-state index in [1.807, 2.05) is 0 Å². The number of rotatable bonds is 7. The van der Waals surface area contributed by atoms with E-state index >= 15 is 0 Å². The van der Waals surface area contributed by atoms with Crippen molar-refractivity contribution in [3.8, 4) is 17.2 Å². The van der Waals surface area contributed by atoms with Gasteiger partial charge >= 0.3 is 6.18 Å². The molecule has 0 unspecified atom stereocenters. The highest BCUT2D eigenvalue weighted by Gasteiger charge is 2.37. The number of aromatic amines is 1. The predicted molar refractivity (Wildman–Crippen MR) is 107 cm³/mol. The van der Waals surface area contributed by atoms with Crippen LogP contribution in [-0.4, -0.2) is 40.0 Å². The molecule has 1 N–H and O–H groups in total. The number of alkyl halides is 3. The fourth-order valence-electron chi connectivity index (χ4n) is 3.21. The third-order valence-corrected chi connectivity index (χ3v) is 5.00. The zero-order valence-electron chi connectivity index (χ0n) is 16.4. The molecular formula is C19H18ClF3N8. The lowest BCUT2D eigenvalue weighted by molar-refractivity contribution is -0.137. The molecule has 4 rings (SSSR count). The second-order valence-electron chi connectivity index (χ2n) is 6.91. The van der Waals surface area contributed by atoms with Gasteiger partial charge in [0, 0.05) is 18.3 Å². The number of aryl methyl sites for hydroxylation is 1. The van der Waals surface area contributed by atoms with E-state index in [1.165, 1.54) is 10.8 Å². The summed E-state index contributed by atoms with van der Waals surface area (Å²) in [6.45, 7) is 2.49. The number of nitrogens with zero attached hydrogens (tertiary/aromatic N) is 7. The van der Waals surface area contributed by atoms with Crippen molar-refractivity contribution in [2.45, 2.75) is 38.9 Å². The van der Waals surface area contributed by atoms with Crippen LogP contribution in [0.3, 0.4) is 0 Å². The van der Waals surface area contributed by atoms with Crippen molar-refractivity contribution in [3.63, 3.8) is 0 Å². The number of unbranched alkanes of at least 4 members (excludes halogenated alkanes) is 1. The molecule has 8 nitrogen and oxygen atoms in total. The summed E-state index contributed by atoms with van der Waals surface area (Å²) in [6, 6.07) is 8.01. The zero-order chi connectivity index (χ0) is 22.0. The maximum Gasteiger partial charge on any atom is 0.418 e. The summed E-state index contributed by atoms with van der Waals surface area (Å²) < 4.78 is 43.4. The lowest BCUT2D eigenvalue weighted by Gasteiger charge is -2.11. The van der Waals surface area contributed by atoms with Crippen molar-refractivity contribution in [2.24, 2.45) is 0 Å². The molecule has 0 bridgehead atoms. The maximum atomic E-state index is 13.5. The molecule has 0 spiro atoms. The van der Waals surface area contributed by atoms with Crippen LogP contribution in [0, 0.1) is 0 Å². The molecule has 0 radical (unpaired) electrons. The minimum Gasteiger partial charge on any atom is -0.313 e. The predicted octanol–water partition coefficient (Wildman–Crippen LogP) is 4.31. The molecule has 31 heavy (non-hydrogen) atoms. The molecule has 4 aromatic rings. The highest BCUT2D eigenvalue weighted by Crippen LogP contribution is 2.37. The Labute approximate surface area is 180 Å². The summed E-state index contributed by atoms with van der Waals surface area (Å²) in [4.78, 5) is 4.26. The van der Waals surface area contributed by atoms with Gasteiger partial charge in [0.25, 0.3) is 0 Å². The maximum absolute atomic E-state index is 13.5. The van der Waals surface area contributed by atoms with Crippen molar-refractivity contribution < 1.29 is 13.2 Å². The van der Waals surface area contributed by atoms with Crippen LogP contribution in [0.25, 0.3) is 17.2 Å². The molecule has 0 fully saturated rings. The SMILES string of the molecule is CCCCc1nc(Cl)n(Cc2ccc(-n3ccc(C(F)(F)F)c3-c3nn[nH]n3)cc2)n1. The standard InChI is InChI=1S/C19H18ClF3N8/c1-2-3-4-15-24-18(20)31(27-15)11-12-5-7-13(8-6-12)30-10-9-14(19(21,22)23)16(30)17-25-28-29-26-17/h5-10H,2-4,11H2,1H3,(H,25,26,28,29). The fraction of sp³-hybridized carbons (Fsp3) is 0.316. The largest absolute Gasteiger partial charge is 0.418 e. The number of hydrogen-bond acceptors (Lipinski definition) is 5. The summed E-state index contributed by atoms with van der Waals surface area (Å²) in [7, 11) is 0. The van der Waals surface area contributed by atoms with Gasteiger partial charge in [0.15, 0.2) is 5.82 Å². The molecule has 0 atom stereocenters. The van der Waals surface area contributed by atoms with Crippen LogP contribution in [0.15, 0.2) is 36.5 Å². The van der Waals surface area contributed by atoms with Gasteiger partial charge in [0.2, 0.25) is 11.1 Å². The van der Waals surface area contributed by atoms with Crippen molar-refractivity contribution >= 4 is 11.6 Å². The Morgan fingerprint density at radius 1 is 1.13 bits per heavy atom. The molecule has 1 aromatic carbocycles. The average molecular weight is 451 g/mol. The number of tetrazole rings is 1. The molecule has 162 valence electrons. The van der Waals surface area contributed by atoms with E-state index < -0.39 is 11.7 Å². The Morgan fingerprint density at radius 2 is 1.90 bits per heavy atom. The molecule has 0 aliphatic heterocycles. The first kappa shape index (κ1) is 21.0. The van der Waals surface area contributed by atoms with Gasteiger partial charge in [-0.2, -0.15) is 23.5 Å². The summed E-state index contributed by atoms with van der Waals surface area (Å²) in [5, 5.41) is 17.7. The van der Waals surface area contributed by atoms with Gasteiger partial charge < -0.3 is 4.57 Å². The summed E-state index contributed by atoms with van der Waals surface area (Å²) in [6.07, 6.45) is -0.446. The van der Waals surface area contributed by atoms with Gasteiger partial charge in [-0.25, -0.2) is 9.67 Å². The number of halogens is 4. The molecule has 3 heterocycles. The van der Waals surface area contributed by atoms with Crippen LogP contribution < -0.4 is 0 Å². The molecule has 3 aromatic heterocycles. The summed E-state index contributed by atoms with van der Waals surface area (Å²) in [5.41, 5.74) is 0.371. The number of nitrogens with one attached hydrogen (secondary N) is 1. The van der Waals surface area contributed by atoms with E-state index in [-0.39, 0.29) is 11.5 Å². The average Bonchev–Trinajstić information content (AvgIpc) is 3.46. The van der Waals surface area contributed by atoms with Crippen molar-refractivity contribution in [1.82, 2.24) is 40.0 Å². The Kier molecular flexibility index (Phi) is 5.77. The van der Waals surface area contributed by atoms with E-state index in [4.69, 9.17) is 11.6 Å². The zero-order valence-corrected chi connectivity index (χ0v) is 17.2. The highest BCUT2D eigenvalue weighted by atomic mass is 35.5. The van der Waals surface area contributed by atoms with E-state index in [9.17, 15) is 13.2 Å². The minimum atomic E-state index is -4.56. The number of aromatic nitrogens is 8. The van der Waals surface area contributed by atoms with E-state index in [0.29, 0.717) is 23.3 Å². The molecule has 0 saturated heterocycles. The van der Waals surface area contributed by atoms with Gasteiger partial charge in [-0.15, -0.1) is 10.2 Å². The molecule has 0 saturated carbocycles. The smallest absolute Gasteiger partial charge is 0.313 e. The molecule has 0 aliphatic carbocycles. The Bertz CT molecular complexity index is 1150.